The Balaban J connectivity index is -0.000000224. The summed E-state index contributed by atoms with van der Waals surface area (Å²) in [5.74, 6) is 2.46. The third-order valence-electron chi connectivity index (χ3n) is 4.40. The summed E-state index contributed by atoms with van der Waals surface area (Å²) in [7, 11) is 3.95. The minimum absolute atomic E-state index is 0. The summed E-state index contributed by atoms with van der Waals surface area (Å²) in [6.45, 7) is 0.558. The molecular formula is C23H25Br3K2O7S5. The Morgan fingerprint density at radius 3 is 1.73 bits per heavy atom. The summed E-state index contributed by atoms with van der Waals surface area (Å²) in [6, 6.07) is 10.2. The first-order valence-electron chi connectivity index (χ1n) is 10.6. The molecule has 0 bridgehead atoms. The maximum Gasteiger partial charge on any atom is 1.00 e. The number of phenolic OH excluding ortho intramolecular Hbond substituents is 1. The number of halogens is 3. The monoisotopic (exact) mass is 888 g/mol. The summed E-state index contributed by atoms with van der Waals surface area (Å²) >= 11 is 18.7. The molecule has 0 atom stereocenters. The summed E-state index contributed by atoms with van der Waals surface area (Å²) in [4.78, 5) is 32.2. The van der Waals surface area contributed by atoms with E-state index in [1.54, 1.807) is 18.2 Å². The van der Waals surface area contributed by atoms with Crippen molar-refractivity contribution in [2.24, 2.45) is 11.8 Å². The summed E-state index contributed by atoms with van der Waals surface area (Å²) < 4.78 is 7.24. The van der Waals surface area contributed by atoms with Crippen molar-refractivity contribution in [3.63, 3.8) is 0 Å². The molecule has 2 aromatic carbocycles. The van der Waals surface area contributed by atoms with Gasteiger partial charge in [0.2, 0.25) is 0 Å². The summed E-state index contributed by atoms with van der Waals surface area (Å²) in [5.41, 5.74) is 0.911. The van der Waals surface area contributed by atoms with Crippen LogP contribution in [-0.4, -0.2) is 36.1 Å². The zero-order valence-electron chi connectivity index (χ0n) is 22.7. The molecule has 0 unspecified atom stereocenters. The second-order valence-corrected chi connectivity index (χ2v) is 15.2. The van der Waals surface area contributed by atoms with Gasteiger partial charge in [-0.2, -0.15) is 0 Å². The van der Waals surface area contributed by atoms with Gasteiger partial charge in [0, 0.05) is 63.3 Å². The van der Waals surface area contributed by atoms with Gasteiger partial charge in [0.25, 0.3) is 6.47 Å². The van der Waals surface area contributed by atoms with Crippen molar-refractivity contribution in [3.8, 4) is 11.5 Å². The van der Waals surface area contributed by atoms with Crippen LogP contribution in [-0.2, 0) is 58.7 Å². The topological polar surface area (TPSA) is 113 Å². The average Bonchev–Trinajstić information content (AvgIpc) is 3.85. The van der Waals surface area contributed by atoms with E-state index >= 15 is 0 Å². The number of hydrogen-bond donors (Lipinski definition) is 1. The minimum Gasteiger partial charge on any atom is -1.00 e. The number of rotatable bonds is 7. The van der Waals surface area contributed by atoms with Gasteiger partial charge in [-0.3, -0.25) is 14.4 Å². The van der Waals surface area contributed by atoms with E-state index in [2.05, 4.69) is 75.1 Å². The molecule has 2 aliphatic rings. The van der Waals surface area contributed by atoms with Gasteiger partial charge in [0.1, 0.15) is 11.5 Å². The smallest absolute Gasteiger partial charge is 1.00 e. The molecule has 0 aromatic heterocycles. The number of carbonyl (C=O) groups excluding carboxylic acids is 3. The zero-order chi connectivity index (χ0) is 28.8. The van der Waals surface area contributed by atoms with Crippen LogP contribution in [0.1, 0.15) is 47.8 Å². The average molecular weight is 892 g/mol. The van der Waals surface area contributed by atoms with E-state index in [1.807, 2.05) is 12.1 Å². The van der Waals surface area contributed by atoms with E-state index in [-0.39, 0.29) is 116 Å². The molecular weight excluding hydrogens is 866 g/mol. The van der Waals surface area contributed by atoms with E-state index in [1.165, 1.54) is 63.7 Å². The minimum atomic E-state index is -0.181. The number of ether oxygens (including phenoxy) is 1. The van der Waals surface area contributed by atoms with Crippen molar-refractivity contribution in [3.05, 3.63) is 56.5 Å². The van der Waals surface area contributed by atoms with Crippen LogP contribution in [0.2, 0.25) is 0 Å². The van der Waals surface area contributed by atoms with E-state index in [0.717, 1.165) is 27.8 Å². The molecule has 0 amide bonds. The number of carbonyl (C=O) groups is 3. The Morgan fingerprint density at radius 1 is 0.925 bits per heavy atom. The molecule has 0 heterocycles. The van der Waals surface area contributed by atoms with Crippen molar-refractivity contribution in [1.29, 1.82) is 0 Å². The normalized spacial score (nSPS) is 11.8. The molecule has 4 rings (SSSR count). The molecule has 212 valence electrons. The molecule has 2 fully saturated rings. The van der Waals surface area contributed by atoms with Gasteiger partial charge < -0.3 is 21.4 Å². The quantitative estimate of drug-likeness (QED) is 0.128. The first-order chi connectivity index (χ1) is 18.3. The van der Waals surface area contributed by atoms with Crippen molar-refractivity contribution >= 4 is 116 Å². The van der Waals surface area contributed by atoms with Gasteiger partial charge in [-0.1, -0.05) is 47.8 Å². The van der Waals surface area contributed by atoms with Gasteiger partial charge in [-0.25, -0.2) is 0 Å². The van der Waals surface area contributed by atoms with Gasteiger partial charge in [-0.15, -0.1) is 0 Å². The van der Waals surface area contributed by atoms with Crippen LogP contribution in [0.15, 0.2) is 45.3 Å². The Bertz CT molecular complexity index is 1140. The third-order valence-corrected chi connectivity index (χ3v) is 10.7. The second kappa shape index (κ2) is 31.6. The Labute approximate surface area is 364 Å². The van der Waals surface area contributed by atoms with Crippen LogP contribution in [0.5, 0.6) is 11.5 Å². The van der Waals surface area contributed by atoms with Crippen LogP contribution >= 0.6 is 47.8 Å². The largest absolute Gasteiger partial charge is 1.00 e. The number of hydrogen-bond acceptors (Lipinski definition) is 9. The molecule has 0 aliphatic heterocycles. The molecule has 40 heavy (non-hydrogen) atoms. The molecule has 1 N–H and O–H groups in total. The Kier molecular flexibility index (Phi) is 37.2. The van der Waals surface area contributed by atoms with Crippen molar-refractivity contribution in [2.75, 3.05) is 11.9 Å². The summed E-state index contributed by atoms with van der Waals surface area (Å²) in [5, 5.41) is 18.6. The molecule has 7 nitrogen and oxygen atoms in total. The van der Waals surface area contributed by atoms with Crippen LogP contribution in [0.4, 0.5) is 0 Å². The molecule has 0 spiro atoms. The predicted octanol–water partition coefficient (Wildman–Crippen LogP) is -0.648. The first-order valence-corrected chi connectivity index (χ1v) is 18.7. The fourth-order valence-corrected chi connectivity index (χ4v) is 6.29. The van der Waals surface area contributed by atoms with Crippen molar-refractivity contribution in [1.82, 2.24) is 0 Å². The number of phenols is 1. The molecule has 17 heteroatoms. The number of aldehydes is 2. The van der Waals surface area contributed by atoms with E-state index < -0.39 is 0 Å². The Morgan fingerprint density at radius 2 is 1.40 bits per heavy atom. The first kappa shape index (κ1) is 47.0. The van der Waals surface area contributed by atoms with Gasteiger partial charge >= 0.3 is 103 Å². The van der Waals surface area contributed by atoms with Crippen molar-refractivity contribution < 1.29 is 139 Å². The molecule has 2 aromatic rings. The summed E-state index contributed by atoms with van der Waals surface area (Å²) in [6.07, 6.45) is 6.88. The molecule has 0 saturated heterocycles. The maximum atomic E-state index is 10.7. The maximum absolute atomic E-state index is 10.7. The van der Waals surface area contributed by atoms with E-state index in [9.17, 15) is 9.59 Å². The van der Waals surface area contributed by atoms with Crippen LogP contribution in [0.3, 0.4) is 0 Å². The second-order valence-electron chi connectivity index (χ2n) is 7.37. The number of aromatic hydroxyl groups is 1. The van der Waals surface area contributed by atoms with Crippen LogP contribution in [0.25, 0.3) is 0 Å². The van der Waals surface area contributed by atoms with Gasteiger partial charge in [-0.05, 0) is 73.9 Å². The molecule has 2 saturated carbocycles. The fraction of sp³-hybridized carbons (Fsp3) is 0.348. The van der Waals surface area contributed by atoms with Gasteiger partial charge in [0.15, 0.2) is 12.6 Å². The number of benzene rings is 2. The Hall–Kier alpha value is 2.62. The van der Waals surface area contributed by atoms with Crippen molar-refractivity contribution in [2.45, 2.75) is 25.7 Å². The third kappa shape index (κ3) is 27.0. The van der Waals surface area contributed by atoms with Crippen LogP contribution in [0, 0.1) is 11.8 Å². The fourth-order valence-electron chi connectivity index (χ4n) is 2.14. The predicted molar refractivity (Wildman–Crippen MR) is 171 cm³/mol. The molecule has 2 aliphatic carbocycles. The number of alkyl halides is 1. The standard InChI is InChI=1S/C11H11BrO2.C7H5BrO2.C4H7Br.CH2O3.2K.S5.H/c12-10-3-4-11(9(5-10)6-13)14-7-8-1-2-8;8-6-1-2-7(10)5(3-6)4-9;5-3-4-1-2-4;2-1-4-3;;;1-3-5-4-2;/h3-6,8H,1-2,7H2;1-4,10H;4H,1-3H2;1,3H;;;;/q;;;;2*+1;;-1/p-1. The zero-order valence-corrected chi connectivity index (χ0v) is 36.8. The molecule has 0 radical (unpaired) electrons. The van der Waals surface area contributed by atoms with E-state index in [0.29, 0.717) is 29.1 Å². The SMILES string of the molecule is BrCC1CC1.O=CO[O-].O=Cc1cc(Br)ccc1O.O=Cc1cc(Br)ccc1OCC1CC1.S=S=S=S=S.[H-].[K+].[K+]. The van der Waals surface area contributed by atoms with Gasteiger partial charge in [0.05, 0.1) is 17.7 Å². The van der Waals surface area contributed by atoms with Crippen LogP contribution < -0.4 is 113 Å². The van der Waals surface area contributed by atoms with E-state index in [4.69, 9.17) is 19.9 Å².